The van der Waals surface area contributed by atoms with Crippen molar-refractivity contribution in [2.75, 3.05) is 13.2 Å². The predicted octanol–water partition coefficient (Wildman–Crippen LogP) is 22.6. The SMILES string of the molecule is CCCC/C=C\C/C=C\CCCCCCCC(=O)OC(COC(=O)CCCCCCCCCCCCCCCC)COC(=O)CCCCCCCCCCCCCCCCCCCCCCCCCCCCCC. The highest BCUT2D eigenvalue weighted by molar-refractivity contribution is 5.71. The number of carbonyl (C=O) groups excluding carboxylic acids is 3. The number of esters is 3. The first kappa shape index (κ1) is 71.9. The van der Waals surface area contributed by atoms with Crippen molar-refractivity contribution in [1.29, 1.82) is 0 Å². The van der Waals surface area contributed by atoms with E-state index in [2.05, 4.69) is 45.1 Å². The molecule has 0 amide bonds. The van der Waals surface area contributed by atoms with Crippen LogP contribution in [0.3, 0.4) is 0 Å². The average molecular weight is 1040 g/mol. The second-order valence-corrected chi connectivity index (χ2v) is 22.7. The molecule has 0 aliphatic carbocycles. The first-order chi connectivity index (χ1) is 36.5. The van der Waals surface area contributed by atoms with Crippen molar-refractivity contribution in [3.8, 4) is 0 Å². The van der Waals surface area contributed by atoms with Gasteiger partial charge in [-0.1, -0.05) is 334 Å². The minimum Gasteiger partial charge on any atom is -0.462 e. The molecule has 0 heterocycles. The Kier molecular flexibility index (Phi) is 61.6. The zero-order chi connectivity index (χ0) is 53.6. The lowest BCUT2D eigenvalue weighted by Gasteiger charge is -2.18. The van der Waals surface area contributed by atoms with Crippen molar-refractivity contribution in [2.45, 2.75) is 380 Å². The molecule has 0 aromatic carbocycles. The Hall–Kier alpha value is -2.11. The fraction of sp³-hybridized carbons (Fsp3) is 0.897. The van der Waals surface area contributed by atoms with E-state index in [1.54, 1.807) is 0 Å². The zero-order valence-electron chi connectivity index (χ0n) is 50.1. The van der Waals surface area contributed by atoms with Gasteiger partial charge in [-0.15, -0.1) is 0 Å². The van der Waals surface area contributed by atoms with Crippen LogP contribution in [0.5, 0.6) is 0 Å². The van der Waals surface area contributed by atoms with Gasteiger partial charge in [-0.2, -0.15) is 0 Å². The maximum atomic E-state index is 12.9. The van der Waals surface area contributed by atoms with Gasteiger partial charge in [0.05, 0.1) is 0 Å². The molecule has 0 spiro atoms. The quantitative estimate of drug-likeness (QED) is 0.0261. The first-order valence-corrected chi connectivity index (χ1v) is 33.3. The summed E-state index contributed by atoms with van der Waals surface area (Å²) in [5.41, 5.74) is 0. The summed E-state index contributed by atoms with van der Waals surface area (Å²) in [5, 5.41) is 0. The van der Waals surface area contributed by atoms with Gasteiger partial charge in [-0.05, 0) is 44.9 Å². The molecule has 74 heavy (non-hydrogen) atoms. The summed E-state index contributed by atoms with van der Waals surface area (Å²) < 4.78 is 16.9. The molecule has 0 aromatic rings. The van der Waals surface area contributed by atoms with Crippen molar-refractivity contribution in [2.24, 2.45) is 0 Å². The zero-order valence-corrected chi connectivity index (χ0v) is 50.1. The third-order valence-electron chi connectivity index (χ3n) is 15.2. The number of carbonyl (C=O) groups is 3. The van der Waals surface area contributed by atoms with Crippen LogP contribution in [0.1, 0.15) is 374 Å². The topological polar surface area (TPSA) is 78.9 Å². The molecular weight excluding hydrogens is 913 g/mol. The third kappa shape index (κ3) is 60.8. The summed E-state index contributed by atoms with van der Waals surface area (Å²) in [6, 6.07) is 0. The Balaban J connectivity index is 4.15. The van der Waals surface area contributed by atoms with E-state index in [1.165, 1.54) is 257 Å². The first-order valence-electron chi connectivity index (χ1n) is 33.3. The Labute approximate surface area is 462 Å². The van der Waals surface area contributed by atoms with Crippen LogP contribution in [0.25, 0.3) is 0 Å². The molecule has 0 aromatic heterocycles. The monoisotopic (exact) mass is 1040 g/mol. The van der Waals surface area contributed by atoms with Gasteiger partial charge in [-0.25, -0.2) is 0 Å². The average Bonchev–Trinajstić information content (AvgIpc) is 3.40. The highest BCUT2D eigenvalue weighted by Gasteiger charge is 2.19. The molecule has 0 radical (unpaired) electrons. The Morgan fingerprint density at radius 3 is 0.784 bits per heavy atom. The van der Waals surface area contributed by atoms with E-state index in [9.17, 15) is 14.4 Å². The summed E-state index contributed by atoms with van der Waals surface area (Å²) in [6.45, 7) is 6.66. The molecule has 436 valence electrons. The van der Waals surface area contributed by atoms with E-state index in [1.807, 2.05) is 0 Å². The van der Waals surface area contributed by atoms with E-state index < -0.39 is 6.10 Å². The van der Waals surface area contributed by atoms with Crippen LogP contribution in [0.2, 0.25) is 0 Å². The molecule has 0 aliphatic rings. The normalized spacial score (nSPS) is 12.1. The van der Waals surface area contributed by atoms with E-state index in [0.29, 0.717) is 19.3 Å². The Bertz CT molecular complexity index is 1190. The van der Waals surface area contributed by atoms with E-state index in [-0.39, 0.29) is 31.1 Å². The van der Waals surface area contributed by atoms with Gasteiger partial charge < -0.3 is 14.2 Å². The Morgan fingerprint density at radius 1 is 0.270 bits per heavy atom. The smallest absolute Gasteiger partial charge is 0.306 e. The van der Waals surface area contributed by atoms with Gasteiger partial charge in [0.2, 0.25) is 0 Å². The lowest BCUT2D eigenvalue weighted by molar-refractivity contribution is -0.167. The Morgan fingerprint density at radius 2 is 0.500 bits per heavy atom. The number of hydrogen-bond acceptors (Lipinski definition) is 6. The van der Waals surface area contributed by atoms with E-state index in [0.717, 1.165) is 77.0 Å². The van der Waals surface area contributed by atoms with Gasteiger partial charge in [0.15, 0.2) is 6.10 Å². The summed E-state index contributed by atoms with van der Waals surface area (Å²) >= 11 is 0. The van der Waals surface area contributed by atoms with Crippen LogP contribution in [-0.4, -0.2) is 37.2 Å². The molecule has 1 unspecified atom stereocenters. The fourth-order valence-corrected chi connectivity index (χ4v) is 10.2. The lowest BCUT2D eigenvalue weighted by atomic mass is 10.0. The maximum Gasteiger partial charge on any atom is 0.306 e. The molecule has 1 atom stereocenters. The number of rotatable bonds is 62. The molecule has 0 fully saturated rings. The van der Waals surface area contributed by atoms with Crippen LogP contribution >= 0.6 is 0 Å². The highest BCUT2D eigenvalue weighted by atomic mass is 16.6. The minimum absolute atomic E-state index is 0.0711. The van der Waals surface area contributed by atoms with Crippen LogP contribution in [0.4, 0.5) is 0 Å². The molecule has 0 N–H and O–H groups in total. The van der Waals surface area contributed by atoms with Gasteiger partial charge in [0.25, 0.3) is 0 Å². The number of ether oxygens (including phenoxy) is 3. The lowest BCUT2D eigenvalue weighted by Crippen LogP contribution is -2.30. The second-order valence-electron chi connectivity index (χ2n) is 22.7. The summed E-state index contributed by atoms with van der Waals surface area (Å²) in [4.78, 5) is 38.3. The van der Waals surface area contributed by atoms with Gasteiger partial charge in [-0.3, -0.25) is 14.4 Å². The van der Waals surface area contributed by atoms with Crippen LogP contribution in [0, 0.1) is 0 Å². The molecule has 0 saturated carbocycles. The van der Waals surface area contributed by atoms with Crippen molar-refractivity contribution in [3.63, 3.8) is 0 Å². The molecule has 6 nitrogen and oxygen atoms in total. The highest BCUT2D eigenvalue weighted by Crippen LogP contribution is 2.18. The largest absolute Gasteiger partial charge is 0.462 e. The van der Waals surface area contributed by atoms with Crippen LogP contribution < -0.4 is 0 Å². The summed E-state index contributed by atoms with van der Waals surface area (Å²) in [5.74, 6) is -0.858. The van der Waals surface area contributed by atoms with Crippen LogP contribution in [-0.2, 0) is 28.6 Å². The van der Waals surface area contributed by atoms with E-state index >= 15 is 0 Å². The third-order valence-corrected chi connectivity index (χ3v) is 15.2. The molecule has 0 bridgehead atoms. The van der Waals surface area contributed by atoms with Gasteiger partial charge in [0, 0.05) is 19.3 Å². The van der Waals surface area contributed by atoms with E-state index in [4.69, 9.17) is 14.2 Å². The number of unbranched alkanes of at least 4 members (excludes halogenated alkanes) is 47. The maximum absolute atomic E-state index is 12.9. The molecule has 0 rings (SSSR count). The van der Waals surface area contributed by atoms with Gasteiger partial charge >= 0.3 is 17.9 Å². The summed E-state index contributed by atoms with van der Waals surface area (Å²) in [6.07, 6.45) is 76.3. The minimum atomic E-state index is -0.774. The van der Waals surface area contributed by atoms with Crippen molar-refractivity contribution in [1.82, 2.24) is 0 Å². The molecule has 6 heteroatoms. The molecule has 0 aliphatic heterocycles. The number of allylic oxidation sites excluding steroid dienone is 4. The fourth-order valence-electron chi connectivity index (χ4n) is 10.2. The van der Waals surface area contributed by atoms with Gasteiger partial charge in [0.1, 0.15) is 13.2 Å². The number of hydrogen-bond donors (Lipinski definition) is 0. The van der Waals surface area contributed by atoms with Crippen molar-refractivity contribution in [3.05, 3.63) is 24.3 Å². The predicted molar refractivity (Wildman–Crippen MR) is 321 cm³/mol. The van der Waals surface area contributed by atoms with Crippen molar-refractivity contribution >= 4 is 17.9 Å². The molecular formula is C68H128O6. The van der Waals surface area contributed by atoms with Crippen LogP contribution in [0.15, 0.2) is 24.3 Å². The standard InChI is InChI=1S/C68H128O6/c1-4-7-10-13-16-19-22-25-28-29-30-31-32-33-34-35-36-37-38-39-40-41-44-46-49-52-55-58-61-67(70)73-64-65(74-68(71)62-59-56-53-50-47-43-27-24-21-18-15-12-9-6-3)63-72-66(69)60-57-54-51-48-45-42-26-23-20-17-14-11-8-5-2/h15,18,24,27,65H,4-14,16-17,19-23,25-26,28-64H2,1-3H3/b18-15-,27-24-. The summed E-state index contributed by atoms with van der Waals surface area (Å²) in [7, 11) is 0. The van der Waals surface area contributed by atoms with Crippen molar-refractivity contribution < 1.29 is 28.6 Å². The second kappa shape index (κ2) is 63.4. The molecule has 0 saturated heterocycles.